The molecule has 2 unspecified atom stereocenters. The van der Waals surface area contributed by atoms with Crippen molar-refractivity contribution in [1.29, 1.82) is 0 Å². The molecule has 34 heavy (non-hydrogen) atoms. The summed E-state index contributed by atoms with van der Waals surface area (Å²) in [6.07, 6.45) is 0.834. The SMILES string of the molecule is CCC(Cc1ccc2c(c1)OC(C(=O)OC)(C(=O)OC)O2)NCC(O)c1ccc(N(C)C)cc1. The van der Waals surface area contributed by atoms with Crippen molar-refractivity contribution < 1.29 is 33.6 Å². The molecular formula is C25H32N2O7. The number of methoxy groups -OCH3 is 2. The average molecular weight is 473 g/mol. The monoisotopic (exact) mass is 472 g/mol. The normalized spacial score (nSPS) is 15.4. The molecule has 0 aliphatic carbocycles. The fraction of sp³-hybridized carbons (Fsp3) is 0.440. The number of rotatable bonds is 10. The minimum absolute atomic E-state index is 0.0852. The number of hydrogen-bond acceptors (Lipinski definition) is 9. The summed E-state index contributed by atoms with van der Waals surface area (Å²) in [6.45, 7) is 2.46. The lowest BCUT2D eigenvalue weighted by atomic mass is 10.0. The Labute approximate surface area is 199 Å². The van der Waals surface area contributed by atoms with Crippen LogP contribution in [0.15, 0.2) is 42.5 Å². The molecule has 0 saturated carbocycles. The van der Waals surface area contributed by atoms with E-state index in [0.717, 1.165) is 37.5 Å². The molecule has 0 radical (unpaired) electrons. The molecule has 184 valence electrons. The number of carbonyl (C=O) groups excluding carboxylic acids is 2. The summed E-state index contributed by atoms with van der Waals surface area (Å²) in [4.78, 5) is 26.5. The lowest BCUT2D eigenvalue weighted by Crippen LogP contribution is -2.55. The lowest BCUT2D eigenvalue weighted by molar-refractivity contribution is -0.199. The number of carbonyl (C=O) groups is 2. The highest BCUT2D eigenvalue weighted by atomic mass is 16.8. The number of fused-ring (bicyclic) bond motifs is 1. The molecule has 0 amide bonds. The van der Waals surface area contributed by atoms with E-state index in [-0.39, 0.29) is 17.5 Å². The highest BCUT2D eigenvalue weighted by Crippen LogP contribution is 2.41. The van der Waals surface area contributed by atoms with Crippen molar-refractivity contribution in [3.63, 3.8) is 0 Å². The molecule has 9 nitrogen and oxygen atoms in total. The molecule has 0 spiro atoms. The van der Waals surface area contributed by atoms with Crippen molar-refractivity contribution in [3.05, 3.63) is 53.6 Å². The fourth-order valence-corrected chi connectivity index (χ4v) is 3.73. The molecule has 0 fully saturated rings. The molecular weight excluding hydrogens is 440 g/mol. The van der Waals surface area contributed by atoms with Gasteiger partial charge in [0.25, 0.3) is 0 Å². The van der Waals surface area contributed by atoms with E-state index in [2.05, 4.69) is 21.7 Å². The van der Waals surface area contributed by atoms with Crippen molar-refractivity contribution >= 4 is 17.6 Å². The topological polar surface area (TPSA) is 107 Å². The van der Waals surface area contributed by atoms with Gasteiger partial charge in [-0.05, 0) is 48.2 Å². The van der Waals surface area contributed by atoms with E-state index in [1.54, 1.807) is 12.1 Å². The van der Waals surface area contributed by atoms with Gasteiger partial charge in [0.2, 0.25) is 0 Å². The maximum absolute atomic E-state index is 12.2. The van der Waals surface area contributed by atoms with Gasteiger partial charge in [0.05, 0.1) is 20.3 Å². The van der Waals surface area contributed by atoms with Crippen LogP contribution in [0.3, 0.4) is 0 Å². The van der Waals surface area contributed by atoms with Gasteiger partial charge in [0, 0.05) is 32.4 Å². The highest BCUT2D eigenvalue weighted by Gasteiger charge is 2.59. The van der Waals surface area contributed by atoms with Gasteiger partial charge < -0.3 is 34.3 Å². The number of esters is 2. The quantitative estimate of drug-likeness (QED) is 0.398. The zero-order valence-corrected chi connectivity index (χ0v) is 20.2. The van der Waals surface area contributed by atoms with E-state index in [1.165, 1.54) is 0 Å². The maximum atomic E-state index is 12.2. The first-order valence-corrected chi connectivity index (χ1v) is 11.1. The van der Waals surface area contributed by atoms with Gasteiger partial charge in [-0.25, -0.2) is 9.59 Å². The molecule has 0 aromatic heterocycles. The summed E-state index contributed by atoms with van der Waals surface area (Å²) in [6, 6.07) is 13.1. The predicted molar refractivity (Wildman–Crippen MR) is 126 cm³/mol. The van der Waals surface area contributed by atoms with Crippen LogP contribution in [0.25, 0.3) is 0 Å². The first-order valence-electron chi connectivity index (χ1n) is 11.1. The summed E-state index contributed by atoms with van der Waals surface area (Å²) in [5.41, 5.74) is 2.83. The smallest absolute Gasteiger partial charge is 0.453 e. The standard InChI is InChI=1S/C25H32N2O7/c1-6-18(26-15-20(28)17-8-10-19(11-9-17)27(2)3)13-16-7-12-21-22(14-16)34-25(33-21,23(29)31-4)24(30)32-5/h7-12,14,18,20,26,28H,6,13,15H2,1-5H3. The first-order chi connectivity index (χ1) is 16.2. The summed E-state index contributed by atoms with van der Waals surface area (Å²) in [7, 11) is 6.22. The van der Waals surface area contributed by atoms with Gasteiger partial charge in [-0.2, -0.15) is 0 Å². The van der Waals surface area contributed by atoms with Gasteiger partial charge in [0.1, 0.15) is 0 Å². The van der Waals surface area contributed by atoms with E-state index >= 15 is 0 Å². The Kier molecular flexibility index (Phi) is 8.01. The lowest BCUT2D eigenvalue weighted by Gasteiger charge is -2.21. The van der Waals surface area contributed by atoms with Crippen LogP contribution in [0.1, 0.15) is 30.6 Å². The Hall–Kier alpha value is -3.30. The van der Waals surface area contributed by atoms with Crippen molar-refractivity contribution in [2.45, 2.75) is 37.7 Å². The first kappa shape index (κ1) is 25.3. The number of benzene rings is 2. The predicted octanol–water partition coefficient (Wildman–Crippen LogP) is 2.21. The molecule has 2 N–H and O–H groups in total. The third-order valence-corrected chi connectivity index (χ3v) is 5.79. The van der Waals surface area contributed by atoms with Crippen LogP contribution < -0.4 is 19.7 Å². The molecule has 0 bridgehead atoms. The summed E-state index contributed by atoms with van der Waals surface area (Å²) in [5, 5.41) is 14.0. The Morgan fingerprint density at radius 2 is 1.65 bits per heavy atom. The number of anilines is 1. The molecule has 9 heteroatoms. The number of ether oxygens (including phenoxy) is 4. The number of nitrogens with zero attached hydrogens (tertiary/aromatic N) is 1. The molecule has 1 heterocycles. The van der Waals surface area contributed by atoms with E-state index in [4.69, 9.17) is 9.47 Å². The Bertz CT molecular complexity index is 991. The minimum Gasteiger partial charge on any atom is -0.463 e. The maximum Gasteiger partial charge on any atom is 0.453 e. The average Bonchev–Trinajstić information content (AvgIpc) is 3.25. The Morgan fingerprint density at radius 3 is 2.21 bits per heavy atom. The second-order valence-corrected chi connectivity index (χ2v) is 8.30. The van der Waals surface area contributed by atoms with E-state index in [0.29, 0.717) is 13.0 Å². The van der Waals surface area contributed by atoms with E-state index in [1.807, 2.05) is 49.3 Å². The minimum atomic E-state index is -2.31. The Balaban J connectivity index is 1.64. The third-order valence-electron chi connectivity index (χ3n) is 5.79. The number of aliphatic hydroxyl groups excluding tert-OH is 1. The van der Waals surface area contributed by atoms with Crippen molar-refractivity contribution in [2.75, 3.05) is 39.8 Å². The summed E-state index contributed by atoms with van der Waals surface area (Å²) < 4.78 is 20.5. The van der Waals surface area contributed by atoms with Crippen LogP contribution in [-0.4, -0.2) is 63.7 Å². The van der Waals surface area contributed by atoms with Gasteiger partial charge in [0.15, 0.2) is 11.5 Å². The van der Waals surface area contributed by atoms with Gasteiger partial charge >= 0.3 is 17.7 Å². The highest BCUT2D eigenvalue weighted by molar-refractivity contribution is 6.03. The number of hydrogen-bond donors (Lipinski definition) is 2. The van der Waals surface area contributed by atoms with Crippen molar-refractivity contribution in [1.82, 2.24) is 5.32 Å². The molecule has 3 rings (SSSR count). The number of nitrogens with one attached hydrogen (secondary N) is 1. The van der Waals surface area contributed by atoms with Gasteiger partial charge in [-0.15, -0.1) is 0 Å². The van der Waals surface area contributed by atoms with Crippen LogP contribution in [0.2, 0.25) is 0 Å². The van der Waals surface area contributed by atoms with Crippen molar-refractivity contribution in [2.24, 2.45) is 0 Å². The molecule has 2 aromatic carbocycles. The number of aliphatic hydroxyl groups is 1. The molecule has 1 aliphatic rings. The van der Waals surface area contributed by atoms with Crippen LogP contribution in [-0.2, 0) is 25.5 Å². The van der Waals surface area contributed by atoms with Crippen LogP contribution in [0.5, 0.6) is 11.5 Å². The second kappa shape index (κ2) is 10.8. The molecule has 1 aliphatic heterocycles. The zero-order chi connectivity index (χ0) is 24.9. The van der Waals surface area contributed by atoms with Crippen LogP contribution >= 0.6 is 0 Å². The van der Waals surface area contributed by atoms with E-state index in [9.17, 15) is 14.7 Å². The van der Waals surface area contributed by atoms with Crippen molar-refractivity contribution in [3.8, 4) is 11.5 Å². The van der Waals surface area contributed by atoms with Crippen LogP contribution in [0.4, 0.5) is 5.69 Å². The Morgan fingerprint density at radius 1 is 1.03 bits per heavy atom. The molecule has 0 saturated heterocycles. The summed E-state index contributed by atoms with van der Waals surface area (Å²) in [5.74, 6) is -3.81. The largest absolute Gasteiger partial charge is 0.463 e. The summed E-state index contributed by atoms with van der Waals surface area (Å²) >= 11 is 0. The third kappa shape index (κ3) is 5.26. The van der Waals surface area contributed by atoms with E-state index < -0.39 is 23.8 Å². The van der Waals surface area contributed by atoms with Gasteiger partial charge in [-0.1, -0.05) is 25.1 Å². The molecule has 2 aromatic rings. The van der Waals surface area contributed by atoms with Gasteiger partial charge in [-0.3, -0.25) is 0 Å². The zero-order valence-electron chi connectivity index (χ0n) is 20.2. The molecule has 2 atom stereocenters. The second-order valence-electron chi connectivity index (χ2n) is 8.30. The fourth-order valence-electron chi connectivity index (χ4n) is 3.73. The van der Waals surface area contributed by atoms with Crippen LogP contribution in [0, 0.1) is 0 Å².